The number of likely N-dealkylation sites (tertiary alicyclic amines) is 1. The molecule has 1 aromatic carbocycles. The van der Waals surface area contributed by atoms with E-state index in [1.54, 1.807) is 44.4 Å². The molecule has 9 heteroatoms. The molecule has 3 heterocycles. The van der Waals surface area contributed by atoms with Gasteiger partial charge in [-0.15, -0.1) is 6.58 Å². The summed E-state index contributed by atoms with van der Waals surface area (Å²) in [5, 5.41) is 20.0. The Morgan fingerprint density at radius 1 is 1.35 bits per heavy atom. The highest BCUT2D eigenvalue weighted by Gasteiger charge is 2.79. The topological polar surface area (TPSA) is 117 Å². The van der Waals surface area contributed by atoms with Gasteiger partial charge in [-0.05, 0) is 50.5 Å². The minimum absolute atomic E-state index is 0.180. The molecule has 0 saturated carbocycles. The van der Waals surface area contributed by atoms with Gasteiger partial charge in [-0.1, -0.05) is 13.0 Å². The Labute approximate surface area is 198 Å². The zero-order valence-electron chi connectivity index (χ0n) is 19.8. The van der Waals surface area contributed by atoms with Crippen LogP contribution >= 0.6 is 0 Å². The van der Waals surface area contributed by atoms with E-state index in [1.165, 1.54) is 9.80 Å². The van der Waals surface area contributed by atoms with Gasteiger partial charge in [0.15, 0.2) is 0 Å². The molecule has 2 amide bonds. The maximum atomic E-state index is 14.2. The van der Waals surface area contributed by atoms with Crippen molar-refractivity contribution < 1.29 is 34.1 Å². The highest BCUT2D eigenvalue weighted by atomic mass is 16.5. The van der Waals surface area contributed by atoms with E-state index >= 15 is 0 Å². The standard InChI is InChI=1S/C25H32N2O7/c1-5-13-26(16-7-9-17(33-4)10-8-16)22(30)20-25-12-11-24(6-2,34-25)19(23(31)32)18(25)21(29)27(20)15(3)14-28/h5,7-10,15,18-20,28H,1,6,11-14H2,2-4H3,(H,31,32)/t15-,18+,19-,20?,24+,25?/m1/s1. The van der Waals surface area contributed by atoms with Gasteiger partial charge in [0, 0.05) is 12.2 Å². The van der Waals surface area contributed by atoms with Crippen molar-refractivity contribution in [3.63, 3.8) is 0 Å². The predicted molar refractivity (Wildman–Crippen MR) is 123 cm³/mol. The molecule has 34 heavy (non-hydrogen) atoms. The molecule has 9 nitrogen and oxygen atoms in total. The van der Waals surface area contributed by atoms with Gasteiger partial charge in [0.2, 0.25) is 5.91 Å². The smallest absolute Gasteiger partial charge is 0.310 e. The van der Waals surface area contributed by atoms with Gasteiger partial charge < -0.3 is 29.5 Å². The third-order valence-electron chi connectivity index (χ3n) is 7.82. The Hall–Kier alpha value is -2.91. The SMILES string of the molecule is C=CCN(C(=O)C1N([C@H](C)CO)C(=O)[C@@H]2[C@H](C(=O)O)[C@]3(CC)CCC12O3)c1ccc(OC)cc1. The highest BCUT2D eigenvalue weighted by molar-refractivity contribution is 6.05. The number of aliphatic carboxylic acids is 1. The molecule has 1 spiro atoms. The summed E-state index contributed by atoms with van der Waals surface area (Å²) >= 11 is 0. The summed E-state index contributed by atoms with van der Waals surface area (Å²) in [6, 6.07) is 5.21. The van der Waals surface area contributed by atoms with Gasteiger partial charge in [0.1, 0.15) is 23.3 Å². The van der Waals surface area contributed by atoms with E-state index in [1.807, 2.05) is 6.92 Å². The van der Waals surface area contributed by atoms with Crippen molar-refractivity contribution in [3.05, 3.63) is 36.9 Å². The lowest BCUT2D eigenvalue weighted by Gasteiger charge is -2.38. The number of hydrogen-bond acceptors (Lipinski definition) is 6. The van der Waals surface area contributed by atoms with Crippen molar-refractivity contribution in [2.45, 2.75) is 56.4 Å². The molecule has 1 aromatic rings. The first-order valence-electron chi connectivity index (χ1n) is 11.6. The van der Waals surface area contributed by atoms with Crippen LogP contribution in [-0.4, -0.2) is 76.4 Å². The first-order chi connectivity index (χ1) is 16.2. The number of aliphatic hydroxyl groups excluding tert-OH is 1. The maximum absolute atomic E-state index is 14.2. The minimum atomic E-state index is -1.26. The van der Waals surface area contributed by atoms with Crippen LogP contribution in [0.25, 0.3) is 0 Å². The van der Waals surface area contributed by atoms with Crippen molar-refractivity contribution in [1.82, 2.24) is 4.90 Å². The third-order valence-corrected chi connectivity index (χ3v) is 7.82. The van der Waals surface area contributed by atoms with E-state index in [-0.39, 0.29) is 19.1 Å². The number of rotatable bonds is 9. The molecular formula is C25H32N2O7. The first-order valence-corrected chi connectivity index (χ1v) is 11.6. The van der Waals surface area contributed by atoms with Crippen LogP contribution in [-0.2, 0) is 19.1 Å². The fourth-order valence-electron chi connectivity index (χ4n) is 6.23. The summed E-state index contributed by atoms with van der Waals surface area (Å²) in [7, 11) is 1.55. The quantitative estimate of drug-likeness (QED) is 0.527. The van der Waals surface area contributed by atoms with E-state index < -0.39 is 47.0 Å². The van der Waals surface area contributed by atoms with Crippen molar-refractivity contribution >= 4 is 23.5 Å². The number of carbonyl (C=O) groups is 3. The number of amides is 2. The molecule has 2 bridgehead atoms. The summed E-state index contributed by atoms with van der Waals surface area (Å²) in [6.45, 7) is 7.10. The van der Waals surface area contributed by atoms with Crippen LogP contribution in [0.3, 0.4) is 0 Å². The van der Waals surface area contributed by atoms with E-state index in [9.17, 15) is 24.6 Å². The normalized spacial score (nSPS) is 32.4. The molecular weight excluding hydrogens is 440 g/mol. The largest absolute Gasteiger partial charge is 0.497 e. The number of benzene rings is 1. The van der Waals surface area contributed by atoms with Gasteiger partial charge in [-0.2, -0.15) is 0 Å². The Morgan fingerprint density at radius 3 is 2.56 bits per heavy atom. The van der Waals surface area contributed by atoms with E-state index in [0.717, 1.165) is 0 Å². The zero-order chi connectivity index (χ0) is 24.8. The molecule has 0 aliphatic carbocycles. The molecule has 0 aromatic heterocycles. The van der Waals surface area contributed by atoms with E-state index in [2.05, 4.69) is 6.58 Å². The number of hydrogen-bond donors (Lipinski definition) is 2. The van der Waals surface area contributed by atoms with E-state index in [0.29, 0.717) is 30.7 Å². The molecule has 2 unspecified atom stereocenters. The van der Waals surface area contributed by atoms with Crippen LogP contribution in [0.1, 0.15) is 33.1 Å². The van der Waals surface area contributed by atoms with Crippen LogP contribution in [0, 0.1) is 11.8 Å². The number of nitrogens with zero attached hydrogens (tertiary/aromatic N) is 2. The Bertz CT molecular complexity index is 995. The number of aliphatic hydroxyl groups is 1. The number of fused-ring (bicyclic) bond motifs is 1. The average molecular weight is 473 g/mol. The number of anilines is 1. The van der Waals surface area contributed by atoms with Crippen LogP contribution in [0.4, 0.5) is 5.69 Å². The fourth-order valence-corrected chi connectivity index (χ4v) is 6.23. The number of carbonyl (C=O) groups excluding carboxylic acids is 2. The second-order valence-electron chi connectivity index (χ2n) is 9.38. The predicted octanol–water partition coefficient (Wildman–Crippen LogP) is 1.83. The molecule has 3 fully saturated rings. The molecule has 3 aliphatic heterocycles. The van der Waals surface area contributed by atoms with Crippen molar-refractivity contribution in [3.8, 4) is 5.75 Å². The van der Waals surface area contributed by atoms with Crippen molar-refractivity contribution in [2.75, 3.05) is 25.2 Å². The molecule has 3 aliphatic rings. The van der Waals surface area contributed by atoms with Crippen LogP contribution in [0.2, 0.25) is 0 Å². The number of methoxy groups -OCH3 is 1. The van der Waals surface area contributed by atoms with Gasteiger partial charge >= 0.3 is 5.97 Å². The molecule has 6 atom stereocenters. The second-order valence-corrected chi connectivity index (χ2v) is 9.38. The summed E-state index contributed by atoms with van der Waals surface area (Å²) in [4.78, 5) is 43.2. The number of carboxylic acid groups (broad SMARTS) is 1. The van der Waals surface area contributed by atoms with Gasteiger partial charge in [0.25, 0.3) is 5.91 Å². The number of ether oxygens (including phenoxy) is 2. The minimum Gasteiger partial charge on any atom is -0.497 e. The Kier molecular flexibility index (Phi) is 6.20. The second kappa shape index (κ2) is 8.70. The lowest BCUT2D eigenvalue weighted by molar-refractivity contribution is -0.157. The lowest BCUT2D eigenvalue weighted by Crippen LogP contribution is -2.58. The highest BCUT2D eigenvalue weighted by Crippen LogP contribution is 2.64. The summed E-state index contributed by atoms with van der Waals surface area (Å²) in [5.74, 6) is -3.33. The van der Waals surface area contributed by atoms with Gasteiger partial charge in [-0.3, -0.25) is 14.4 Å². The van der Waals surface area contributed by atoms with Crippen molar-refractivity contribution in [2.24, 2.45) is 11.8 Å². The zero-order valence-corrected chi connectivity index (χ0v) is 19.8. The van der Waals surface area contributed by atoms with Crippen LogP contribution in [0.15, 0.2) is 36.9 Å². The first kappa shape index (κ1) is 24.2. The maximum Gasteiger partial charge on any atom is 0.310 e. The summed E-state index contributed by atoms with van der Waals surface area (Å²) < 4.78 is 11.7. The van der Waals surface area contributed by atoms with Crippen LogP contribution < -0.4 is 9.64 Å². The molecule has 184 valence electrons. The lowest BCUT2D eigenvalue weighted by atomic mass is 9.65. The third kappa shape index (κ3) is 3.25. The molecule has 0 radical (unpaired) electrons. The van der Waals surface area contributed by atoms with Gasteiger partial charge in [-0.25, -0.2) is 0 Å². The van der Waals surface area contributed by atoms with E-state index in [4.69, 9.17) is 9.47 Å². The molecule has 2 N–H and O–H groups in total. The van der Waals surface area contributed by atoms with Crippen LogP contribution in [0.5, 0.6) is 5.75 Å². The monoisotopic (exact) mass is 472 g/mol. The van der Waals surface area contributed by atoms with Gasteiger partial charge in [0.05, 0.1) is 31.3 Å². The fraction of sp³-hybridized carbons (Fsp3) is 0.560. The Morgan fingerprint density at radius 2 is 2.03 bits per heavy atom. The molecule has 4 rings (SSSR count). The summed E-state index contributed by atoms with van der Waals surface area (Å²) in [6.07, 6.45) is 2.88. The molecule has 3 saturated heterocycles. The average Bonchev–Trinajstić information content (AvgIpc) is 3.45. The summed E-state index contributed by atoms with van der Waals surface area (Å²) in [5.41, 5.74) is -1.66. The number of carboxylic acids is 1. The Balaban J connectivity index is 1.83. The van der Waals surface area contributed by atoms with Crippen molar-refractivity contribution in [1.29, 1.82) is 0 Å².